The Labute approximate surface area is 100 Å². The zero-order valence-corrected chi connectivity index (χ0v) is 9.31. The lowest BCUT2D eigenvalue weighted by atomic mass is 10.0. The van der Waals surface area contributed by atoms with Gasteiger partial charge in [0.25, 0.3) is 5.69 Å². The van der Waals surface area contributed by atoms with Gasteiger partial charge >= 0.3 is 6.17 Å². The fraction of sp³-hybridized carbons (Fsp3) is 0.333. The highest BCUT2D eigenvalue weighted by Gasteiger charge is 2.41. The van der Waals surface area contributed by atoms with Crippen molar-refractivity contribution >= 4 is 5.69 Å². The average molecular weight is 255 g/mol. The largest absolute Gasteiger partial charge is 0.483 e. The molecule has 0 saturated carbocycles. The van der Waals surface area contributed by atoms with Gasteiger partial charge in [-0.15, -0.1) is 0 Å². The number of nitrogens with zero attached hydrogens (tertiary/aromatic N) is 3. The van der Waals surface area contributed by atoms with Gasteiger partial charge in [0.2, 0.25) is 0 Å². The summed E-state index contributed by atoms with van der Waals surface area (Å²) in [7, 11) is 0. The van der Waals surface area contributed by atoms with Crippen LogP contribution >= 0.6 is 0 Å². The molecule has 0 amide bonds. The van der Waals surface area contributed by atoms with Crippen LogP contribution in [-0.4, -0.2) is 14.8 Å². The van der Waals surface area contributed by atoms with Crippen molar-refractivity contribution in [3.63, 3.8) is 0 Å². The minimum absolute atomic E-state index is 0.228. The first-order valence-corrected chi connectivity index (χ1v) is 4.93. The summed E-state index contributed by atoms with van der Waals surface area (Å²) in [6, 6.07) is 3.79. The molecule has 1 rings (SSSR count). The van der Waals surface area contributed by atoms with Crippen molar-refractivity contribution in [3.05, 3.63) is 59.7 Å². The number of para-hydroxylation sites is 1. The standard InChI is InChI=1S/C9H9N3O6/c1-2-6-4-3-5-7(8(6)10(13)14)9(11(15)16)12(17)18/h3-5,9H,2H2,1H3. The third-order valence-electron chi connectivity index (χ3n) is 2.39. The van der Waals surface area contributed by atoms with Crippen molar-refractivity contribution in [2.45, 2.75) is 19.5 Å². The van der Waals surface area contributed by atoms with E-state index in [4.69, 9.17) is 0 Å². The quantitative estimate of drug-likeness (QED) is 0.447. The smallest absolute Gasteiger partial charge is 0.258 e. The second kappa shape index (κ2) is 5.17. The average Bonchev–Trinajstić information content (AvgIpc) is 2.27. The molecule has 0 aliphatic carbocycles. The van der Waals surface area contributed by atoms with Gasteiger partial charge in [-0.2, -0.15) is 0 Å². The lowest BCUT2D eigenvalue weighted by molar-refractivity contribution is -0.753. The van der Waals surface area contributed by atoms with Gasteiger partial charge in [-0.05, 0) is 12.5 Å². The van der Waals surface area contributed by atoms with E-state index in [2.05, 4.69) is 0 Å². The van der Waals surface area contributed by atoms with E-state index >= 15 is 0 Å². The number of nitro benzene ring substituents is 1. The van der Waals surface area contributed by atoms with E-state index in [1.165, 1.54) is 12.1 Å². The molecule has 0 spiro atoms. The molecule has 0 atom stereocenters. The number of aryl methyl sites for hydroxylation is 1. The zero-order chi connectivity index (χ0) is 13.9. The molecule has 1 aromatic carbocycles. The van der Waals surface area contributed by atoms with Crippen LogP contribution in [0.25, 0.3) is 0 Å². The topological polar surface area (TPSA) is 129 Å². The minimum Gasteiger partial charge on any atom is -0.258 e. The summed E-state index contributed by atoms with van der Waals surface area (Å²) in [5.41, 5.74) is -0.834. The molecular weight excluding hydrogens is 246 g/mol. The molecule has 0 bridgehead atoms. The summed E-state index contributed by atoms with van der Waals surface area (Å²) < 4.78 is 0. The molecule has 0 fully saturated rings. The Morgan fingerprint density at radius 1 is 1.11 bits per heavy atom. The van der Waals surface area contributed by atoms with Crippen molar-refractivity contribution in [1.82, 2.24) is 0 Å². The highest BCUT2D eigenvalue weighted by atomic mass is 16.7. The Balaban J connectivity index is 3.52. The first-order chi connectivity index (χ1) is 8.40. The molecule has 0 aliphatic rings. The molecule has 0 aliphatic heterocycles. The monoisotopic (exact) mass is 255 g/mol. The second-order valence-corrected chi connectivity index (χ2v) is 3.41. The van der Waals surface area contributed by atoms with Crippen LogP contribution < -0.4 is 0 Å². The van der Waals surface area contributed by atoms with Crippen LogP contribution in [0.1, 0.15) is 24.2 Å². The Morgan fingerprint density at radius 3 is 2.06 bits per heavy atom. The molecule has 0 saturated heterocycles. The van der Waals surface area contributed by atoms with Gasteiger partial charge in [0, 0.05) is 5.56 Å². The number of rotatable bonds is 5. The maximum absolute atomic E-state index is 10.9. The maximum atomic E-state index is 10.9. The van der Waals surface area contributed by atoms with Gasteiger partial charge in [0.05, 0.1) is 4.92 Å². The third-order valence-corrected chi connectivity index (χ3v) is 2.39. The first kappa shape index (κ1) is 13.5. The molecular formula is C9H9N3O6. The Kier molecular flexibility index (Phi) is 3.87. The summed E-state index contributed by atoms with van der Waals surface area (Å²) in [6.07, 6.45) is -2.07. The van der Waals surface area contributed by atoms with Crippen molar-refractivity contribution in [3.8, 4) is 0 Å². The van der Waals surface area contributed by atoms with E-state index in [0.717, 1.165) is 6.07 Å². The molecule has 18 heavy (non-hydrogen) atoms. The number of hydrogen-bond acceptors (Lipinski definition) is 6. The summed E-state index contributed by atoms with van der Waals surface area (Å²) >= 11 is 0. The van der Waals surface area contributed by atoms with Crippen LogP contribution in [0.3, 0.4) is 0 Å². The molecule has 0 aromatic heterocycles. The van der Waals surface area contributed by atoms with Gasteiger partial charge in [-0.25, -0.2) is 0 Å². The summed E-state index contributed by atoms with van der Waals surface area (Å²) in [6.45, 7) is 1.62. The molecule has 9 heteroatoms. The molecule has 0 radical (unpaired) electrons. The number of nitro groups is 3. The van der Waals surface area contributed by atoms with Crippen LogP contribution in [0.4, 0.5) is 5.69 Å². The predicted molar refractivity (Wildman–Crippen MR) is 59.2 cm³/mol. The SMILES string of the molecule is CCc1cccc(C([N+](=O)[O-])[N+](=O)[O-])c1[N+](=O)[O-]. The predicted octanol–water partition coefficient (Wildman–Crippen LogP) is 1.71. The fourth-order valence-electron chi connectivity index (χ4n) is 1.63. The molecule has 0 unspecified atom stereocenters. The highest BCUT2D eigenvalue weighted by molar-refractivity contribution is 5.48. The van der Waals surface area contributed by atoms with Crippen molar-refractivity contribution in [2.24, 2.45) is 0 Å². The van der Waals surface area contributed by atoms with Crippen LogP contribution in [0.5, 0.6) is 0 Å². The van der Waals surface area contributed by atoms with E-state index in [-0.39, 0.29) is 12.0 Å². The highest BCUT2D eigenvalue weighted by Crippen LogP contribution is 2.31. The third kappa shape index (κ3) is 2.39. The van der Waals surface area contributed by atoms with E-state index in [0.29, 0.717) is 0 Å². The molecule has 0 N–H and O–H groups in total. The van der Waals surface area contributed by atoms with E-state index < -0.39 is 32.2 Å². The summed E-state index contributed by atoms with van der Waals surface area (Å²) in [5.74, 6) is 0. The number of benzene rings is 1. The lowest BCUT2D eigenvalue weighted by Crippen LogP contribution is -2.21. The molecule has 9 nitrogen and oxygen atoms in total. The van der Waals surface area contributed by atoms with E-state index in [1.54, 1.807) is 6.92 Å². The van der Waals surface area contributed by atoms with Gasteiger partial charge < -0.3 is 0 Å². The van der Waals surface area contributed by atoms with Crippen molar-refractivity contribution in [1.29, 1.82) is 0 Å². The Hall–Kier alpha value is -2.58. The van der Waals surface area contributed by atoms with Gasteiger partial charge in [-0.3, -0.25) is 30.3 Å². The fourth-order valence-corrected chi connectivity index (χ4v) is 1.63. The Bertz CT molecular complexity index is 501. The molecule has 0 heterocycles. The van der Waals surface area contributed by atoms with Crippen molar-refractivity contribution in [2.75, 3.05) is 0 Å². The first-order valence-electron chi connectivity index (χ1n) is 4.93. The van der Waals surface area contributed by atoms with E-state index in [1.807, 2.05) is 0 Å². The van der Waals surface area contributed by atoms with Crippen LogP contribution in [0.2, 0.25) is 0 Å². The van der Waals surface area contributed by atoms with Gasteiger partial charge in [0.1, 0.15) is 9.85 Å². The minimum atomic E-state index is -2.32. The summed E-state index contributed by atoms with van der Waals surface area (Å²) in [4.78, 5) is 29.1. The molecule has 1 aromatic rings. The Morgan fingerprint density at radius 2 is 1.67 bits per heavy atom. The molecule has 96 valence electrons. The second-order valence-electron chi connectivity index (χ2n) is 3.41. The van der Waals surface area contributed by atoms with Crippen molar-refractivity contribution < 1.29 is 14.8 Å². The zero-order valence-electron chi connectivity index (χ0n) is 9.31. The van der Waals surface area contributed by atoms with Crippen LogP contribution in [0.15, 0.2) is 18.2 Å². The van der Waals surface area contributed by atoms with Crippen LogP contribution in [-0.2, 0) is 6.42 Å². The normalized spacial score (nSPS) is 10.3. The van der Waals surface area contributed by atoms with Gasteiger partial charge in [0.15, 0.2) is 5.56 Å². The van der Waals surface area contributed by atoms with E-state index in [9.17, 15) is 30.3 Å². The summed E-state index contributed by atoms with van der Waals surface area (Å²) in [5, 5.41) is 32.2. The number of hydrogen-bond donors (Lipinski definition) is 0. The maximum Gasteiger partial charge on any atom is 0.483 e. The van der Waals surface area contributed by atoms with Crippen LogP contribution in [0, 0.1) is 30.3 Å². The lowest BCUT2D eigenvalue weighted by Gasteiger charge is -2.06. The van der Waals surface area contributed by atoms with Gasteiger partial charge in [-0.1, -0.05) is 19.1 Å².